The number of hydrogen-bond donors (Lipinski definition) is 1. The number of aromatic nitrogens is 3. The molecule has 12 heteroatoms. The van der Waals surface area contributed by atoms with Gasteiger partial charge in [0.25, 0.3) is 5.91 Å². The molecule has 0 saturated carbocycles. The third-order valence-electron chi connectivity index (χ3n) is 6.98. The molecule has 3 aliphatic heterocycles. The van der Waals surface area contributed by atoms with Gasteiger partial charge in [0.2, 0.25) is 17.7 Å². The molecule has 0 aliphatic carbocycles. The smallest absolute Gasteiger partial charge is 0.257 e. The minimum Gasteiger partial charge on any atom is -0.475 e. The highest BCUT2D eigenvalue weighted by molar-refractivity contribution is 5.96. The largest absolute Gasteiger partial charge is 0.475 e. The zero-order valence-corrected chi connectivity index (χ0v) is 20.5. The highest BCUT2D eigenvalue weighted by Crippen LogP contribution is 2.27. The summed E-state index contributed by atoms with van der Waals surface area (Å²) >= 11 is 0. The van der Waals surface area contributed by atoms with E-state index >= 15 is 0 Å². The van der Waals surface area contributed by atoms with Gasteiger partial charge in [0, 0.05) is 70.9 Å². The van der Waals surface area contributed by atoms with E-state index in [0.29, 0.717) is 44.7 Å². The van der Waals surface area contributed by atoms with Crippen molar-refractivity contribution in [3.63, 3.8) is 0 Å². The number of fused-ring (bicyclic) bond motifs is 4. The molecular formula is C24H31N7O5. The number of nitrogens with one attached hydrogen (secondary N) is 1. The van der Waals surface area contributed by atoms with Crippen LogP contribution in [0.4, 0.5) is 0 Å². The number of aryl methyl sites for hydroxylation is 1. The van der Waals surface area contributed by atoms with Crippen molar-refractivity contribution in [2.75, 3.05) is 46.5 Å². The molecule has 3 aliphatic rings. The Morgan fingerprint density at radius 3 is 2.92 bits per heavy atom. The van der Waals surface area contributed by atoms with Gasteiger partial charge < -0.3 is 24.6 Å². The fourth-order valence-corrected chi connectivity index (χ4v) is 5.27. The summed E-state index contributed by atoms with van der Waals surface area (Å²) in [5, 5.41) is 7.32. The van der Waals surface area contributed by atoms with Crippen LogP contribution in [0.3, 0.4) is 0 Å². The standard InChI is InChI=1S/C24H31N7O5/c1-28-10-16(9-26-28)11-30-12-17-8-20(30)24(34)31-7-6-29(21(32)15-35-2)13-18(31)14-36-23-19(22(33)27-17)4-3-5-25-23/h3-5,9-10,17-18,20H,6-8,11-15H2,1-2H3,(H,27,33)/t17-,18-,20-/m0/s1. The van der Waals surface area contributed by atoms with Crippen LogP contribution in [-0.2, 0) is 27.9 Å². The van der Waals surface area contributed by atoms with Gasteiger partial charge in [0.15, 0.2) is 0 Å². The van der Waals surface area contributed by atoms with Gasteiger partial charge in [-0.3, -0.25) is 24.0 Å². The van der Waals surface area contributed by atoms with Crippen LogP contribution in [0.5, 0.6) is 5.88 Å². The first-order valence-electron chi connectivity index (χ1n) is 12.1. The average Bonchev–Trinajstić information content (AvgIpc) is 3.47. The third kappa shape index (κ3) is 4.91. The average molecular weight is 498 g/mol. The number of rotatable bonds is 4. The lowest BCUT2D eigenvalue weighted by Crippen LogP contribution is -2.61. The molecule has 2 saturated heterocycles. The van der Waals surface area contributed by atoms with Crippen molar-refractivity contribution in [3.8, 4) is 5.88 Å². The molecule has 0 spiro atoms. The van der Waals surface area contributed by atoms with Crippen molar-refractivity contribution in [2.24, 2.45) is 7.05 Å². The summed E-state index contributed by atoms with van der Waals surface area (Å²) in [5.74, 6) is -0.224. The van der Waals surface area contributed by atoms with E-state index in [1.54, 1.807) is 34.1 Å². The Kier molecular flexibility index (Phi) is 6.88. The first-order valence-corrected chi connectivity index (χ1v) is 12.1. The summed E-state index contributed by atoms with van der Waals surface area (Å²) in [6.45, 7) is 2.31. The first kappa shape index (κ1) is 24.2. The lowest BCUT2D eigenvalue weighted by molar-refractivity contribution is -0.148. The number of carbonyl (C=O) groups is 3. The molecule has 192 valence electrons. The van der Waals surface area contributed by atoms with Crippen molar-refractivity contribution >= 4 is 17.7 Å². The second-order valence-electron chi connectivity index (χ2n) is 9.50. The predicted octanol–water partition coefficient (Wildman–Crippen LogP) is -0.734. The molecule has 0 unspecified atom stereocenters. The van der Waals surface area contributed by atoms with Crippen molar-refractivity contribution < 1.29 is 23.9 Å². The number of ether oxygens (including phenoxy) is 2. The van der Waals surface area contributed by atoms with Crippen LogP contribution in [0, 0.1) is 0 Å². The molecule has 5 rings (SSSR count). The van der Waals surface area contributed by atoms with E-state index in [1.807, 2.05) is 18.1 Å². The number of nitrogens with zero attached hydrogens (tertiary/aromatic N) is 6. The molecule has 0 radical (unpaired) electrons. The fourth-order valence-electron chi connectivity index (χ4n) is 5.27. The van der Waals surface area contributed by atoms with E-state index in [2.05, 4.69) is 20.3 Å². The topological polar surface area (TPSA) is 122 Å². The van der Waals surface area contributed by atoms with Crippen molar-refractivity contribution in [1.29, 1.82) is 0 Å². The van der Waals surface area contributed by atoms with Crippen molar-refractivity contribution in [1.82, 2.24) is 34.8 Å². The number of piperazine rings is 1. The molecule has 2 fully saturated rings. The van der Waals surface area contributed by atoms with Crippen molar-refractivity contribution in [3.05, 3.63) is 41.9 Å². The normalized spacial score (nSPS) is 24.8. The molecule has 36 heavy (non-hydrogen) atoms. The zero-order valence-electron chi connectivity index (χ0n) is 20.5. The van der Waals surface area contributed by atoms with Gasteiger partial charge in [0.1, 0.15) is 18.8 Å². The van der Waals surface area contributed by atoms with Crippen LogP contribution in [-0.4, -0.2) is 112 Å². The minimum absolute atomic E-state index is 0.0186. The second kappa shape index (κ2) is 10.2. The predicted molar refractivity (Wildman–Crippen MR) is 127 cm³/mol. The van der Waals surface area contributed by atoms with Crippen LogP contribution in [0.2, 0.25) is 0 Å². The molecule has 2 aromatic rings. The lowest BCUT2D eigenvalue weighted by atomic mass is 10.1. The number of methoxy groups -OCH3 is 1. The quantitative estimate of drug-likeness (QED) is 0.587. The van der Waals surface area contributed by atoms with Crippen molar-refractivity contribution in [2.45, 2.75) is 31.1 Å². The van der Waals surface area contributed by atoms with Gasteiger partial charge in [-0.2, -0.15) is 5.10 Å². The number of carbonyl (C=O) groups excluding carboxylic acids is 3. The van der Waals surface area contributed by atoms with Crippen LogP contribution in [0.1, 0.15) is 22.3 Å². The maximum absolute atomic E-state index is 13.9. The molecule has 3 amide bonds. The molecule has 1 N–H and O–H groups in total. The zero-order chi connectivity index (χ0) is 25.2. The number of hydrogen-bond acceptors (Lipinski definition) is 8. The van der Waals surface area contributed by atoms with Gasteiger partial charge in [-0.25, -0.2) is 4.98 Å². The van der Waals surface area contributed by atoms with E-state index in [4.69, 9.17) is 9.47 Å². The molecule has 2 aromatic heterocycles. The Bertz CT molecular complexity index is 1140. The molecular weight excluding hydrogens is 466 g/mol. The Labute approximate surface area is 209 Å². The minimum atomic E-state index is -0.410. The molecule has 0 aromatic carbocycles. The highest BCUT2D eigenvalue weighted by Gasteiger charge is 2.43. The SMILES string of the molecule is COCC(=O)N1CCN2C(=O)[C@@H]3C[C@@H](CN3Cc3cnn(C)c3)NC(=O)c3cccnc3OC[C@@H]2C1. The Hall–Kier alpha value is -3.51. The maximum Gasteiger partial charge on any atom is 0.257 e. The monoisotopic (exact) mass is 497 g/mol. The molecule has 2 bridgehead atoms. The van der Waals surface area contributed by atoms with E-state index in [1.165, 1.54) is 7.11 Å². The summed E-state index contributed by atoms with van der Waals surface area (Å²) in [4.78, 5) is 49.5. The van der Waals surface area contributed by atoms with Gasteiger partial charge >= 0.3 is 0 Å². The molecule has 3 atom stereocenters. The fraction of sp³-hybridized carbons (Fsp3) is 0.542. The Balaban J connectivity index is 1.46. The molecule has 5 heterocycles. The van der Waals surface area contributed by atoms with E-state index < -0.39 is 6.04 Å². The Morgan fingerprint density at radius 1 is 1.28 bits per heavy atom. The number of pyridine rings is 1. The van der Waals surface area contributed by atoms with E-state index in [-0.39, 0.29) is 48.9 Å². The van der Waals surface area contributed by atoms with Crippen LogP contribution in [0.15, 0.2) is 30.7 Å². The van der Waals surface area contributed by atoms with Gasteiger partial charge in [-0.1, -0.05) is 0 Å². The Morgan fingerprint density at radius 2 is 2.14 bits per heavy atom. The van der Waals surface area contributed by atoms with Crippen LogP contribution < -0.4 is 10.1 Å². The highest BCUT2D eigenvalue weighted by atomic mass is 16.5. The van der Waals surface area contributed by atoms with Gasteiger partial charge in [-0.15, -0.1) is 0 Å². The lowest BCUT2D eigenvalue weighted by Gasteiger charge is -2.43. The summed E-state index contributed by atoms with van der Waals surface area (Å²) in [7, 11) is 3.34. The first-order chi connectivity index (χ1) is 17.4. The number of amides is 3. The summed E-state index contributed by atoms with van der Waals surface area (Å²) in [5.41, 5.74) is 1.34. The van der Waals surface area contributed by atoms with Crippen LogP contribution in [0.25, 0.3) is 0 Å². The summed E-state index contributed by atoms with van der Waals surface area (Å²) < 4.78 is 12.8. The second-order valence-corrected chi connectivity index (χ2v) is 9.50. The summed E-state index contributed by atoms with van der Waals surface area (Å²) in [6, 6.07) is 2.37. The van der Waals surface area contributed by atoms with Crippen LogP contribution >= 0.6 is 0 Å². The number of likely N-dealkylation sites (tertiary alicyclic amines) is 1. The third-order valence-corrected chi connectivity index (χ3v) is 6.98. The van der Waals surface area contributed by atoms with E-state index in [0.717, 1.165) is 5.56 Å². The van der Waals surface area contributed by atoms with Gasteiger partial charge in [0.05, 0.1) is 18.3 Å². The van der Waals surface area contributed by atoms with E-state index in [9.17, 15) is 14.4 Å². The van der Waals surface area contributed by atoms with Gasteiger partial charge in [-0.05, 0) is 18.6 Å². The maximum atomic E-state index is 13.9. The summed E-state index contributed by atoms with van der Waals surface area (Å²) in [6.07, 6.45) is 5.79. The molecule has 12 nitrogen and oxygen atoms in total.